The molecule has 0 bridgehead atoms. The Labute approximate surface area is 147 Å². The van der Waals surface area contributed by atoms with E-state index in [1.807, 2.05) is 30.3 Å². The molecule has 1 aromatic carbocycles. The fraction of sp³-hybridized carbons (Fsp3) is 0.421. The summed E-state index contributed by atoms with van der Waals surface area (Å²) in [7, 11) is 3.28. The molecule has 1 aliphatic rings. The topological polar surface area (TPSA) is 71.5 Å². The molecule has 1 aliphatic heterocycles. The minimum Gasteiger partial charge on any atom is -0.381 e. The van der Waals surface area contributed by atoms with E-state index in [9.17, 15) is 9.59 Å². The van der Waals surface area contributed by atoms with Gasteiger partial charge in [-0.25, -0.2) is 0 Å². The van der Waals surface area contributed by atoms with Crippen LogP contribution in [-0.4, -0.2) is 55.0 Å². The van der Waals surface area contributed by atoms with E-state index >= 15 is 0 Å². The highest BCUT2D eigenvalue weighted by Crippen LogP contribution is 2.24. The zero-order chi connectivity index (χ0) is 17.8. The summed E-state index contributed by atoms with van der Waals surface area (Å²) < 4.78 is 5.51. The number of nitrogens with zero attached hydrogens (tertiary/aromatic N) is 2. The second-order valence-electron chi connectivity index (χ2n) is 6.37. The molecular weight excluding hydrogens is 318 g/mol. The lowest BCUT2D eigenvalue weighted by Crippen LogP contribution is -2.47. The van der Waals surface area contributed by atoms with Gasteiger partial charge < -0.3 is 15.0 Å². The van der Waals surface area contributed by atoms with Crippen LogP contribution in [0.2, 0.25) is 0 Å². The first-order valence-electron chi connectivity index (χ1n) is 8.50. The number of fused-ring (bicyclic) bond motifs is 1. The Kier molecular flexibility index (Phi) is 5.28. The van der Waals surface area contributed by atoms with E-state index in [1.54, 1.807) is 25.3 Å². The Morgan fingerprint density at radius 1 is 1.36 bits per heavy atom. The van der Waals surface area contributed by atoms with Crippen LogP contribution >= 0.6 is 0 Å². The molecule has 25 heavy (non-hydrogen) atoms. The van der Waals surface area contributed by atoms with Gasteiger partial charge in [-0.2, -0.15) is 0 Å². The third kappa shape index (κ3) is 3.79. The van der Waals surface area contributed by atoms with Crippen LogP contribution in [0.1, 0.15) is 23.2 Å². The molecule has 0 aliphatic carbocycles. The van der Waals surface area contributed by atoms with Crippen LogP contribution in [-0.2, 0) is 9.53 Å². The molecule has 6 heteroatoms. The SMILES string of the molecule is CNC(=O)C[C@@H]1CN(C(=O)c2cnc3ccccc3c2)CC[C@H]1OC. The molecule has 1 fully saturated rings. The van der Waals surface area contributed by atoms with Crippen molar-refractivity contribution in [2.45, 2.75) is 18.9 Å². The first kappa shape index (κ1) is 17.4. The number of carbonyl (C=O) groups excluding carboxylic acids is 2. The molecular formula is C19H23N3O3. The van der Waals surface area contributed by atoms with Crippen LogP contribution in [0.25, 0.3) is 10.9 Å². The second kappa shape index (κ2) is 7.61. The lowest BCUT2D eigenvalue weighted by Gasteiger charge is -2.37. The highest BCUT2D eigenvalue weighted by Gasteiger charge is 2.33. The molecule has 1 saturated heterocycles. The van der Waals surface area contributed by atoms with E-state index in [1.165, 1.54) is 0 Å². The molecule has 2 amide bonds. The van der Waals surface area contributed by atoms with Gasteiger partial charge >= 0.3 is 0 Å². The molecule has 1 aromatic heterocycles. The molecule has 0 spiro atoms. The number of carbonyl (C=O) groups is 2. The van der Waals surface area contributed by atoms with Gasteiger partial charge in [0.25, 0.3) is 5.91 Å². The van der Waals surface area contributed by atoms with Crippen molar-refractivity contribution in [2.75, 3.05) is 27.2 Å². The van der Waals surface area contributed by atoms with Crippen LogP contribution < -0.4 is 5.32 Å². The number of amides is 2. The van der Waals surface area contributed by atoms with Crippen molar-refractivity contribution in [1.29, 1.82) is 0 Å². The zero-order valence-electron chi connectivity index (χ0n) is 14.6. The van der Waals surface area contributed by atoms with Gasteiger partial charge in [0, 0.05) is 51.2 Å². The molecule has 2 atom stereocenters. The minimum absolute atomic E-state index is 0.00363. The lowest BCUT2D eigenvalue weighted by atomic mass is 9.90. The number of para-hydroxylation sites is 1. The number of ether oxygens (including phenoxy) is 1. The van der Waals surface area contributed by atoms with Crippen LogP contribution in [0.4, 0.5) is 0 Å². The zero-order valence-corrected chi connectivity index (χ0v) is 14.6. The fourth-order valence-corrected chi connectivity index (χ4v) is 3.41. The third-order valence-corrected chi connectivity index (χ3v) is 4.82. The summed E-state index contributed by atoms with van der Waals surface area (Å²) in [6.07, 6.45) is 2.71. The van der Waals surface area contributed by atoms with Gasteiger partial charge in [0.15, 0.2) is 0 Å². The van der Waals surface area contributed by atoms with Crippen molar-refractivity contribution in [1.82, 2.24) is 15.2 Å². The number of nitrogens with one attached hydrogen (secondary N) is 1. The van der Waals surface area contributed by atoms with E-state index in [0.29, 0.717) is 25.1 Å². The van der Waals surface area contributed by atoms with Crippen molar-refractivity contribution in [2.24, 2.45) is 5.92 Å². The fourth-order valence-electron chi connectivity index (χ4n) is 3.41. The molecule has 0 unspecified atom stereocenters. The lowest BCUT2D eigenvalue weighted by molar-refractivity contribution is -0.123. The third-order valence-electron chi connectivity index (χ3n) is 4.82. The number of aromatic nitrogens is 1. The first-order chi connectivity index (χ1) is 12.1. The summed E-state index contributed by atoms with van der Waals surface area (Å²) in [6, 6.07) is 9.61. The van der Waals surface area contributed by atoms with Crippen molar-refractivity contribution in [3.05, 3.63) is 42.1 Å². The van der Waals surface area contributed by atoms with Crippen molar-refractivity contribution in [3.63, 3.8) is 0 Å². The predicted octanol–water partition coefficient (Wildman–Crippen LogP) is 1.85. The summed E-state index contributed by atoms with van der Waals surface area (Å²) in [5.74, 6) is -0.0838. The van der Waals surface area contributed by atoms with Gasteiger partial charge in [-0.1, -0.05) is 18.2 Å². The number of piperidine rings is 1. The van der Waals surface area contributed by atoms with E-state index < -0.39 is 0 Å². The van der Waals surface area contributed by atoms with E-state index in [-0.39, 0.29) is 23.8 Å². The molecule has 1 N–H and O–H groups in total. The highest BCUT2D eigenvalue weighted by molar-refractivity contribution is 5.97. The Balaban J connectivity index is 1.77. The molecule has 3 rings (SSSR count). The second-order valence-corrected chi connectivity index (χ2v) is 6.37. The smallest absolute Gasteiger partial charge is 0.255 e. The number of rotatable bonds is 4. The van der Waals surface area contributed by atoms with E-state index in [2.05, 4.69) is 10.3 Å². The van der Waals surface area contributed by atoms with E-state index in [0.717, 1.165) is 17.3 Å². The maximum atomic E-state index is 12.9. The van der Waals surface area contributed by atoms with Crippen LogP contribution in [0, 0.1) is 5.92 Å². The maximum Gasteiger partial charge on any atom is 0.255 e. The number of pyridine rings is 1. The number of likely N-dealkylation sites (tertiary alicyclic amines) is 1. The summed E-state index contributed by atoms with van der Waals surface area (Å²) in [4.78, 5) is 30.8. The molecule has 2 aromatic rings. The van der Waals surface area contributed by atoms with Crippen molar-refractivity contribution < 1.29 is 14.3 Å². The maximum absolute atomic E-state index is 12.9. The number of methoxy groups -OCH3 is 1. The quantitative estimate of drug-likeness (QED) is 0.921. The van der Waals surface area contributed by atoms with Crippen molar-refractivity contribution >= 4 is 22.7 Å². The van der Waals surface area contributed by atoms with Gasteiger partial charge in [-0.05, 0) is 18.6 Å². The van der Waals surface area contributed by atoms with Gasteiger partial charge in [-0.3, -0.25) is 14.6 Å². The van der Waals surface area contributed by atoms with Gasteiger partial charge in [0.05, 0.1) is 17.2 Å². The van der Waals surface area contributed by atoms with Crippen molar-refractivity contribution in [3.8, 4) is 0 Å². The molecule has 0 radical (unpaired) electrons. The predicted molar refractivity (Wildman–Crippen MR) is 95.2 cm³/mol. The Morgan fingerprint density at radius 2 is 2.16 bits per heavy atom. The normalized spacial score (nSPS) is 20.5. The van der Waals surface area contributed by atoms with Gasteiger partial charge in [-0.15, -0.1) is 0 Å². The van der Waals surface area contributed by atoms with Gasteiger partial charge in [0.1, 0.15) is 0 Å². The average Bonchev–Trinajstić information content (AvgIpc) is 2.66. The van der Waals surface area contributed by atoms with Crippen LogP contribution in [0.15, 0.2) is 36.5 Å². The first-order valence-corrected chi connectivity index (χ1v) is 8.50. The van der Waals surface area contributed by atoms with Crippen LogP contribution in [0.3, 0.4) is 0 Å². The summed E-state index contributed by atoms with van der Waals surface area (Å²) in [5, 5.41) is 3.59. The summed E-state index contributed by atoms with van der Waals surface area (Å²) in [6.45, 7) is 1.13. The standard InChI is InChI=1S/C19H23N3O3/c1-20-18(23)10-15-12-22(8-7-17(15)25-2)19(24)14-9-13-5-3-4-6-16(13)21-11-14/h3-6,9,11,15,17H,7-8,10,12H2,1-2H3,(H,20,23)/t15-,17-/m1/s1. The largest absolute Gasteiger partial charge is 0.381 e. The number of hydrogen-bond acceptors (Lipinski definition) is 4. The minimum atomic E-state index is -0.0466. The molecule has 2 heterocycles. The van der Waals surface area contributed by atoms with Gasteiger partial charge in [0.2, 0.25) is 5.91 Å². The molecule has 132 valence electrons. The molecule has 6 nitrogen and oxygen atoms in total. The monoisotopic (exact) mass is 341 g/mol. The number of hydrogen-bond donors (Lipinski definition) is 1. The van der Waals surface area contributed by atoms with E-state index in [4.69, 9.17) is 4.74 Å². The molecule has 0 saturated carbocycles. The summed E-state index contributed by atoms with van der Waals surface area (Å²) in [5.41, 5.74) is 1.45. The Morgan fingerprint density at radius 3 is 2.92 bits per heavy atom. The number of benzene rings is 1. The average molecular weight is 341 g/mol. The summed E-state index contributed by atoms with van der Waals surface area (Å²) >= 11 is 0. The Hall–Kier alpha value is -2.47. The Bertz CT molecular complexity index is 777. The highest BCUT2D eigenvalue weighted by atomic mass is 16.5. The van der Waals surface area contributed by atoms with Crippen LogP contribution in [0.5, 0.6) is 0 Å².